The van der Waals surface area contributed by atoms with Crippen molar-refractivity contribution >= 4 is 17.6 Å². The molecule has 0 spiro atoms. The van der Waals surface area contributed by atoms with Crippen LogP contribution in [0.3, 0.4) is 0 Å². The smallest absolute Gasteiger partial charge is 0.342 e. The summed E-state index contributed by atoms with van der Waals surface area (Å²) in [4.78, 5) is 26.4. The summed E-state index contributed by atoms with van der Waals surface area (Å²) in [6.45, 7) is 5.88. The number of likely N-dealkylation sites (N-methyl/N-ethyl adjacent to an activating group) is 1. The van der Waals surface area contributed by atoms with Crippen molar-refractivity contribution in [3.8, 4) is 0 Å². The summed E-state index contributed by atoms with van der Waals surface area (Å²) in [6, 6.07) is 17.4. The quantitative estimate of drug-likeness (QED) is 0.602. The zero-order valence-electron chi connectivity index (χ0n) is 17.2. The summed E-state index contributed by atoms with van der Waals surface area (Å²) in [7, 11) is 1.65. The van der Waals surface area contributed by atoms with E-state index in [4.69, 9.17) is 4.74 Å². The molecule has 0 saturated heterocycles. The fraction of sp³-hybridized carbons (Fsp3) is 0.261. The van der Waals surface area contributed by atoms with Crippen LogP contribution >= 0.6 is 0 Å². The molecular weight excluding hydrogens is 366 g/mol. The summed E-state index contributed by atoms with van der Waals surface area (Å²) in [5.74, 6) is -0.836. The van der Waals surface area contributed by atoms with Gasteiger partial charge in [0.05, 0.1) is 17.9 Å². The number of carbonyl (C=O) groups is 2. The maximum atomic E-state index is 12.6. The Bertz CT molecular complexity index is 1010. The van der Waals surface area contributed by atoms with Crippen molar-refractivity contribution in [2.75, 3.05) is 18.6 Å². The number of esters is 1. The molecule has 2 aromatic carbocycles. The number of hydrogen-bond donors (Lipinski definition) is 0. The molecule has 0 atom stereocenters. The van der Waals surface area contributed by atoms with Crippen LogP contribution in [0.2, 0.25) is 0 Å². The van der Waals surface area contributed by atoms with Crippen LogP contribution in [-0.4, -0.2) is 35.3 Å². The largest absolute Gasteiger partial charge is 0.452 e. The van der Waals surface area contributed by atoms with Crippen LogP contribution in [0.15, 0.2) is 54.6 Å². The number of benzene rings is 2. The van der Waals surface area contributed by atoms with Gasteiger partial charge in [-0.1, -0.05) is 48.0 Å². The van der Waals surface area contributed by atoms with Crippen molar-refractivity contribution in [2.24, 2.45) is 0 Å². The summed E-state index contributed by atoms with van der Waals surface area (Å²) in [5.41, 5.74) is 4.75. The zero-order chi connectivity index (χ0) is 21.0. The van der Waals surface area contributed by atoms with E-state index in [1.807, 2.05) is 68.4 Å². The molecule has 0 aliphatic rings. The predicted octanol–water partition coefficient (Wildman–Crippen LogP) is 3.68. The lowest BCUT2D eigenvalue weighted by molar-refractivity contribution is -0.121. The van der Waals surface area contributed by atoms with Gasteiger partial charge in [0.2, 0.25) is 0 Å². The van der Waals surface area contributed by atoms with Gasteiger partial charge < -0.3 is 9.64 Å². The standard InChI is InChI=1S/C23H25N3O3/c1-16-10-12-19(13-11-16)14-26-18(3)22(17(2)24-26)23(28)29-15-21(27)25(4)20-8-6-5-7-9-20/h5-13H,14-15H2,1-4H3. The molecule has 1 amide bonds. The van der Waals surface area contributed by atoms with E-state index in [1.165, 1.54) is 10.5 Å². The summed E-state index contributed by atoms with van der Waals surface area (Å²) in [6.07, 6.45) is 0. The van der Waals surface area contributed by atoms with Gasteiger partial charge in [0.1, 0.15) is 5.56 Å². The number of amides is 1. The molecule has 150 valence electrons. The van der Waals surface area contributed by atoms with Gasteiger partial charge in [-0.2, -0.15) is 5.10 Å². The molecule has 1 heterocycles. The highest BCUT2D eigenvalue weighted by Crippen LogP contribution is 2.17. The molecule has 0 N–H and O–H groups in total. The highest BCUT2D eigenvalue weighted by atomic mass is 16.5. The first-order valence-corrected chi connectivity index (χ1v) is 9.45. The monoisotopic (exact) mass is 391 g/mol. The second-order valence-corrected chi connectivity index (χ2v) is 7.05. The number of aryl methyl sites for hydroxylation is 2. The number of anilines is 1. The Kier molecular flexibility index (Phi) is 6.12. The number of rotatable bonds is 6. The van der Waals surface area contributed by atoms with Gasteiger partial charge in [-0.05, 0) is 38.5 Å². The first-order chi connectivity index (χ1) is 13.9. The van der Waals surface area contributed by atoms with Crippen molar-refractivity contribution < 1.29 is 14.3 Å². The van der Waals surface area contributed by atoms with E-state index in [0.717, 1.165) is 16.9 Å². The maximum Gasteiger partial charge on any atom is 0.342 e. The Balaban J connectivity index is 1.67. The van der Waals surface area contributed by atoms with Gasteiger partial charge >= 0.3 is 5.97 Å². The van der Waals surface area contributed by atoms with E-state index in [-0.39, 0.29) is 12.5 Å². The zero-order valence-corrected chi connectivity index (χ0v) is 17.2. The number of aromatic nitrogens is 2. The minimum Gasteiger partial charge on any atom is -0.452 e. The van der Waals surface area contributed by atoms with Crippen LogP contribution in [-0.2, 0) is 16.1 Å². The van der Waals surface area contributed by atoms with E-state index < -0.39 is 5.97 Å². The Labute approximate surface area is 170 Å². The maximum absolute atomic E-state index is 12.6. The minimum absolute atomic E-state index is 0.299. The van der Waals surface area contributed by atoms with Crippen LogP contribution in [0.25, 0.3) is 0 Å². The topological polar surface area (TPSA) is 64.4 Å². The second-order valence-electron chi connectivity index (χ2n) is 7.05. The Hall–Kier alpha value is -3.41. The van der Waals surface area contributed by atoms with Gasteiger partial charge in [-0.25, -0.2) is 4.79 Å². The van der Waals surface area contributed by atoms with Gasteiger partial charge in [-0.3, -0.25) is 9.48 Å². The highest BCUT2D eigenvalue weighted by Gasteiger charge is 2.22. The first kappa shape index (κ1) is 20.3. The normalized spacial score (nSPS) is 10.6. The molecule has 0 bridgehead atoms. The lowest BCUT2D eigenvalue weighted by Gasteiger charge is -2.17. The Morgan fingerprint density at radius 3 is 2.31 bits per heavy atom. The molecular formula is C23H25N3O3. The summed E-state index contributed by atoms with van der Waals surface area (Å²) >= 11 is 0. The number of ether oxygens (including phenoxy) is 1. The van der Waals surface area contributed by atoms with Crippen molar-refractivity contribution in [2.45, 2.75) is 27.3 Å². The van der Waals surface area contributed by atoms with E-state index >= 15 is 0 Å². The van der Waals surface area contributed by atoms with Crippen molar-refractivity contribution in [3.05, 3.63) is 82.7 Å². The third-order valence-corrected chi connectivity index (χ3v) is 4.88. The molecule has 0 fully saturated rings. The molecule has 6 heteroatoms. The average Bonchev–Trinajstić information content (AvgIpc) is 3.00. The van der Waals surface area contributed by atoms with Gasteiger partial charge in [0.25, 0.3) is 5.91 Å². The molecule has 1 aromatic heterocycles. The lowest BCUT2D eigenvalue weighted by atomic mass is 10.1. The van der Waals surface area contributed by atoms with Crippen LogP contribution in [0.5, 0.6) is 0 Å². The van der Waals surface area contributed by atoms with E-state index in [2.05, 4.69) is 5.10 Å². The fourth-order valence-corrected chi connectivity index (χ4v) is 3.10. The average molecular weight is 391 g/mol. The Morgan fingerprint density at radius 2 is 1.66 bits per heavy atom. The molecule has 3 aromatic rings. The summed E-state index contributed by atoms with van der Waals surface area (Å²) < 4.78 is 7.08. The highest BCUT2D eigenvalue weighted by molar-refractivity contribution is 5.97. The molecule has 0 unspecified atom stereocenters. The molecule has 29 heavy (non-hydrogen) atoms. The number of carbonyl (C=O) groups excluding carboxylic acids is 2. The SMILES string of the molecule is Cc1ccc(Cn2nc(C)c(C(=O)OCC(=O)N(C)c3ccccc3)c2C)cc1. The third kappa shape index (κ3) is 4.71. The van der Waals surface area contributed by atoms with Crippen LogP contribution in [0, 0.1) is 20.8 Å². The van der Waals surface area contributed by atoms with Crippen LogP contribution in [0.4, 0.5) is 5.69 Å². The van der Waals surface area contributed by atoms with Crippen molar-refractivity contribution in [1.29, 1.82) is 0 Å². The first-order valence-electron chi connectivity index (χ1n) is 9.45. The van der Waals surface area contributed by atoms with E-state index in [9.17, 15) is 9.59 Å². The van der Waals surface area contributed by atoms with Crippen molar-refractivity contribution in [1.82, 2.24) is 9.78 Å². The Morgan fingerprint density at radius 1 is 1.00 bits per heavy atom. The number of nitrogens with zero attached hydrogens (tertiary/aromatic N) is 3. The van der Waals surface area contributed by atoms with Crippen LogP contribution < -0.4 is 4.90 Å². The van der Waals surface area contributed by atoms with E-state index in [0.29, 0.717) is 17.8 Å². The lowest BCUT2D eigenvalue weighted by Crippen LogP contribution is -2.31. The third-order valence-electron chi connectivity index (χ3n) is 4.88. The fourth-order valence-electron chi connectivity index (χ4n) is 3.10. The van der Waals surface area contributed by atoms with Crippen LogP contribution in [0.1, 0.15) is 32.9 Å². The van der Waals surface area contributed by atoms with Gasteiger partial charge in [-0.15, -0.1) is 0 Å². The predicted molar refractivity (Wildman–Crippen MR) is 112 cm³/mol. The van der Waals surface area contributed by atoms with E-state index in [1.54, 1.807) is 18.7 Å². The molecule has 0 radical (unpaired) electrons. The second kappa shape index (κ2) is 8.73. The van der Waals surface area contributed by atoms with Gasteiger partial charge in [0, 0.05) is 12.7 Å². The molecule has 0 saturated carbocycles. The van der Waals surface area contributed by atoms with Crippen molar-refractivity contribution in [3.63, 3.8) is 0 Å². The van der Waals surface area contributed by atoms with Gasteiger partial charge in [0.15, 0.2) is 6.61 Å². The minimum atomic E-state index is -0.537. The molecule has 3 rings (SSSR count). The number of hydrogen-bond acceptors (Lipinski definition) is 4. The molecule has 0 aliphatic heterocycles. The number of para-hydroxylation sites is 1. The molecule has 6 nitrogen and oxygen atoms in total. The summed E-state index contributed by atoms with van der Waals surface area (Å²) in [5, 5.41) is 4.48. The molecule has 0 aliphatic carbocycles.